The van der Waals surface area contributed by atoms with Gasteiger partial charge in [-0.3, -0.25) is 0 Å². The first kappa shape index (κ1) is 18.7. The van der Waals surface area contributed by atoms with Gasteiger partial charge in [0.1, 0.15) is 10.8 Å². The lowest BCUT2D eigenvalue weighted by Crippen LogP contribution is -2.29. The van der Waals surface area contributed by atoms with Gasteiger partial charge in [-0.25, -0.2) is 4.98 Å². The molecule has 0 bridgehead atoms. The van der Waals surface area contributed by atoms with E-state index in [9.17, 15) is 0 Å². The average molecular weight is 379 g/mol. The minimum Gasteiger partial charge on any atom is -0.494 e. The summed E-state index contributed by atoms with van der Waals surface area (Å²) in [6.07, 6.45) is 1.93. The van der Waals surface area contributed by atoms with Gasteiger partial charge in [-0.2, -0.15) is 0 Å². The maximum Gasteiger partial charge on any atom is 0.123 e. The molecule has 1 aromatic heterocycles. The van der Waals surface area contributed by atoms with Crippen molar-refractivity contribution in [1.82, 2.24) is 10.3 Å². The van der Waals surface area contributed by atoms with Crippen LogP contribution in [-0.4, -0.2) is 30.6 Å². The molecule has 2 aromatic rings. The predicted octanol–water partition coefficient (Wildman–Crippen LogP) is 5.09. The third-order valence-electron chi connectivity index (χ3n) is 4.63. The van der Waals surface area contributed by atoms with Crippen LogP contribution in [0.25, 0.3) is 10.6 Å². The van der Waals surface area contributed by atoms with Crippen LogP contribution in [0.1, 0.15) is 43.7 Å². The third kappa shape index (κ3) is 4.55. The Hall–Kier alpha value is -1.10. The molecule has 5 heteroatoms. The molecule has 2 heterocycles. The second-order valence-corrected chi connectivity index (χ2v) is 9.08. The Kier molecular flexibility index (Phi) is 6.03. The van der Waals surface area contributed by atoms with Crippen LogP contribution in [-0.2, 0) is 6.42 Å². The Labute approximate surface area is 159 Å². The van der Waals surface area contributed by atoms with E-state index >= 15 is 0 Å². The summed E-state index contributed by atoms with van der Waals surface area (Å²) >= 11 is 7.53. The van der Waals surface area contributed by atoms with E-state index in [0.717, 1.165) is 36.7 Å². The molecule has 25 heavy (non-hydrogen) atoms. The summed E-state index contributed by atoms with van der Waals surface area (Å²) in [5.41, 5.74) is 2.67. The first-order valence-corrected chi connectivity index (χ1v) is 10.3. The second kappa shape index (κ2) is 8.07. The summed E-state index contributed by atoms with van der Waals surface area (Å²) < 4.78 is 5.69. The van der Waals surface area contributed by atoms with Crippen molar-refractivity contribution in [3.63, 3.8) is 0 Å². The van der Waals surface area contributed by atoms with Gasteiger partial charge in [0, 0.05) is 35.3 Å². The highest BCUT2D eigenvalue weighted by Gasteiger charge is 2.32. The van der Waals surface area contributed by atoms with Crippen molar-refractivity contribution >= 4 is 22.9 Å². The van der Waals surface area contributed by atoms with Gasteiger partial charge in [-0.1, -0.05) is 20.8 Å². The van der Waals surface area contributed by atoms with E-state index in [4.69, 9.17) is 21.3 Å². The maximum atomic E-state index is 5.69. The second-order valence-electron chi connectivity index (χ2n) is 7.62. The summed E-state index contributed by atoms with van der Waals surface area (Å²) in [6.45, 7) is 9.62. The molecule has 1 N–H and O–H groups in total. The molecule has 0 fully saturated rings. The topological polar surface area (TPSA) is 34.1 Å². The van der Waals surface area contributed by atoms with Gasteiger partial charge < -0.3 is 10.1 Å². The van der Waals surface area contributed by atoms with Crippen molar-refractivity contribution in [3.05, 3.63) is 34.8 Å². The van der Waals surface area contributed by atoms with Crippen LogP contribution >= 0.6 is 22.9 Å². The van der Waals surface area contributed by atoms with E-state index in [1.807, 2.05) is 23.5 Å². The van der Waals surface area contributed by atoms with Crippen molar-refractivity contribution in [1.29, 1.82) is 0 Å². The molecule has 136 valence electrons. The molecule has 1 aliphatic heterocycles. The molecular formula is C20H27ClN2OS. The van der Waals surface area contributed by atoms with Gasteiger partial charge in [0.2, 0.25) is 0 Å². The number of fused-ring (bicyclic) bond motifs is 1. The van der Waals surface area contributed by atoms with Crippen LogP contribution < -0.4 is 10.1 Å². The third-order valence-corrected chi connectivity index (χ3v) is 6.08. The molecule has 0 saturated heterocycles. The van der Waals surface area contributed by atoms with E-state index in [1.54, 1.807) is 0 Å². The smallest absolute Gasteiger partial charge is 0.123 e. The Morgan fingerprint density at radius 1 is 1.28 bits per heavy atom. The molecule has 0 amide bonds. The van der Waals surface area contributed by atoms with Crippen LogP contribution in [0, 0.1) is 5.41 Å². The largest absolute Gasteiger partial charge is 0.494 e. The fourth-order valence-corrected chi connectivity index (χ4v) is 4.38. The number of alkyl halides is 1. The number of hydrogen-bond donors (Lipinski definition) is 1. The zero-order chi connectivity index (χ0) is 17.9. The lowest BCUT2D eigenvalue weighted by Gasteiger charge is -2.29. The van der Waals surface area contributed by atoms with Crippen molar-refractivity contribution < 1.29 is 4.74 Å². The molecular weight excluding hydrogens is 352 g/mol. The summed E-state index contributed by atoms with van der Waals surface area (Å²) in [4.78, 5) is 6.49. The van der Waals surface area contributed by atoms with E-state index < -0.39 is 0 Å². The Balaban J connectivity index is 1.82. The predicted molar refractivity (Wildman–Crippen MR) is 107 cm³/mol. The lowest BCUT2D eigenvalue weighted by atomic mass is 9.78. The molecule has 3 rings (SSSR count). The molecule has 0 aliphatic carbocycles. The fourth-order valence-electron chi connectivity index (χ4n) is 3.14. The zero-order valence-electron chi connectivity index (χ0n) is 15.3. The number of nitrogens with zero attached hydrogens (tertiary/aromatic N) is 1. The van der Waals surface area contributed by atoms with E-state index in [2.05, 4.69) is 38.2 Å². The molecule has 1 aromatic carbocycles. The molecule has 0 radical (unpaired) electrons. The quantitative estimate of drug-likeness (QED) is 0.581. The number of rotatable bonds is 5. The van der Waals surface area contributed by atoms with Gasteiger partial charge in [0.25, 0.3) is 0 Å². The number of ether oxygens (including phenoxy) is 1. The monoisotopic (exact) mass is 378 g/mol. The fraction of sp³-hybridized carbons (Fsp3) is 0.550. The number of nitrogens with one attached hydrogen (secondary N) is 1. The first-order chi connectivity index (χ1) is 12.0. The minimum atomic E-state index is 0.206. The average Bonchev–Trinajstić information content (AvgIpc) is 2.88. The SMILES string of the molecule is CC(C)(C)C1CNCCc2sc(-c3ccc(OCCCCl)cc3)nc21. The Morgan fingerprint density at radius 2 is 2.04 bits per heavy atom. The van der Waals surface area contributed by atoms with Crippen LogP contribution in [0.2, 0.25) is 0 Å². The molecule has 1 unspecified atom stereocenters. The zero-order valence-corrected chi connectivity index (χ0v) is 16.8. The standard InChI is InChI=1S/C20H27ClN2OS/c1-20(2,3)16-13-22-11-9-17-18(16)23-19(25-17)14-5-7-15(8-6-14)24-12-4-10-21/h5-8,16,22H,4,9-13H2,1-3H3. The number of aromatic nitrogens is 1. The molecule has 0 spiro atoms. The Bertz CT molecular complexity index is 691. The minimum absolute atomic E-state index is 0.206. The molecule has 1 atom stereocenters. The summed E-state index contributed by atoms with van der Waals surface area (Å²) in [5.74, 6) is 1.98. The molecule has 1 aliphatic rings. The van der Waals surface area contributed by atoms with Gasteiger partial charge in [-0.05, 0) is 42.5 Å². The molecule has 0 saturated carbocycles. The van der Waals surface area contributed by atoms with Gasteiger partial charge in [0.15, 0.2) is 0 Å². The van der Waals surface area contributed by atoms with Gasteiger partial charge >= 0.3 is 0 Å². The number of halogens is 1. The van der Waals surface area contributed by atoms with Gasteiger partial charge in [0.05, 0.1) is 12.3 Å². The normalized spacial score (nSPS) is 17.8. The van der Waals surface area contributed by atoms with Crippen LogP contribution in [0.4, 0.5) is 0 Å². The number of hydrogen-bond acceptors (Lipinski definition) is 4. The highest BCUT2D eigenvalue weighted by Crippen LogP contribution is 2.41. The summed E-state index contributed by atoms with van der Waals surface area (Å²) in [7, 11) is 0. The first-order valence-electron chi connectivity index (χ1n) is 8.98. The number of thiazole rings is 1. The number of benzene rings is 1. The van der Waals surface area contributed by atoms with Crippen LogP contribution in [0.5, 0.6) is 5.75 Å². The van der Waals surface area contributed by atoms with Gasteiger partial charge in [-0.15, -0.1) is 22.9 Å². The lowest BCUT2D eigenvalue weighted by molar-refractivity contribution is 0.309. The highest BCUT2D eigenvalue weighted by molar-refractivity contribution is 7.15. The van der Waals surface area contributed by atoms with Crippen molar-refractivity contribution in [3.8, 4) is 16.3 Å². The highest BCUT2D eigenvalue weighted by atomic mass is 35.5. The van der Waals surface area contributed by atoms with E-state index in [0.29, 0.717) is 18.4 Å². The van der Waals surface area contributed by atoms with E-state index in [-0.39, 0.29) is 5.41 Å². The van der Waals surface area contributed by atoms with E-state index in [1.165, 1.54) is 16.1 Å². The summed E-state index contributed by atoms with van der Waals surface area (Å²) in [5, 5.41) is 4.69. The van der Waals surface area contributed by atoms with Crippen LogP contribution in [0.15, 0.2) is 24.3 Å². The Morgan fingerprint density at radius 3 is 2.72 bits per heavy atom. The van der Waals surface area contributed by atoms with Crippen molar-refractivity contribution in [2.75, 3.05) is 25.6 Å². The summed E-state index contributed by atoms with van der Waals surface area (Å²) in [6, 6.07) is 8.27. The van der Waals surface area contributed by atoms with Crippen molar-refractivity contribution in [2.45, 2.75) is 39.5 Å². The van der Waals surface area contributed by atoms with Crippen LogP contribution in [0.3, 0.4) is 0 Å². The van der Waals surface area contributed by atoms with Crippen molar-refractivity contribution in [2.24, 2.45) is 5.41 Å². The molecule has 3 nitrogen and oxygen atoms in total. The maximum absolute atomic E-state index is 5.69.